The summed E-state index contributed by atoms with van der Waals surface area (Å²) in [6.45, 7) is 13.4. The van der Waals surface area contributed by atoms with E-state index >= 15 is 0 Å². The van der Waals surface area contributed by atoms with Gasteiger partial charge in [-0.1, -0.05) is 90.3 Å². The minimum atomic E-state index is -3.41. The third-order valence-corrected chi connectivity index (χ3v) is 14.8. The first-order chi connectivity index (χ1) is 22.9. The van der Waals surface area contributed by atoms with Gasteiger partial charge in [-0.3, -0.25) is 0 Å². The van der Waals surface area contributed by atoms with Gasteiger partial charge in [0.2, 0.25) is 10.0 Å². The molecule has 0 bridgehead atoms. The lowest BCUT2D eigenvalue weighted by molar-refractivity contribution is -0.209. The van der Waals surface area contributed by atoms with Gasteiger partial charge in [0, 0.05) is 0 Å². The first kappa shape index (κ1) is 36.5. The monoisotopic (exact) mass is 683 g/mol. The van der Waals surface area contributed by atoms with Crippen LogP contribution in [0.15, 0.2) is 42.5 Å². The van der Waals surface area contributed by atoms with Gasteiger partial charge in [0.1, 0.15) is 6.10 Å². The predicted molar refractivity (Wildman–Crippen MR) is 194 cm³/mol. The second-order valence-electron chi connectivity index (χ2n) is 17.6. The highest BCUT2D eigenvalue weighted by molar-refractivity contribution is 7.88. The van der Waals surface area contributed by atoms with Gasteiger partial charge in [-0.25, -0.2) is 13.1 Å². The van der Waals surface area contributed by atoms with Crippen molar-refractivity contribution in [1.82, 2.24) is 4.72 Å². The fourth-order valence-electron chi connectivity index (χ4n) is 11.6. The molecule has 0 amide bonds. The van der Waals surface area contributed by atoms with Gasteiger partial charge in [0.15, 0.2) is 6.29 Å². The number of fused-ring (bicyclic) bond motifs is 5. The summed E-state index contributed by atoms with van der Waals surface area (Å²) in [4.78, 5) is 0. The van der Waals surface area contributed by atoms with E-state index in [0.29, 0.717) is 23.4 Å². The van der Waals surface area contributed by atoms with Crippen LogP contribution in [0.5, 0.6) is 0 Å². The average molecular weight is 684 g/mol. The van der Waals surface area contributed by atoms with Gasteiger partial charge < -0.3 is 14.2 Å². The summed E-state index contributed by atoms with van der Waals surface area (Å²) in [5, 5.41) is 0. The molecule has 4 fully saturated rings. The molecule has 1 aromatic carbocycles. The highest BCUT2D eigenvalue weighted by Gasteiger charge is 2.60. The molecular formula is C41H65NO5S. The largest absolute Gasteiger partial charge is 0.374 e. The van der Waals surface area contributed by atoms with Crippen molar-refractivity contribution >= 4 is 10.0 Å². The zero-order valence-electron chi connectivity index (χ0n) is 30.7. The fraction of sp³-hybridized carbons (Fsp3) is 0.805. The molecule has 0 spiro atoms. The lowest BCUT2D eigenvalue weighted by Gasteiger charge is -2.61. The second kappa shape index (κ2) is 15.2. The summed E-state index contributed by atoms with van der Waals surface area (Å²) < 4.78 is 46.0. The van der Waals surface area contributed by atoms with E-state index in [0.717, 1.165) is 53.9 Å². The van der Waals surface area contributed by atoms with Crippen LogP contribution in [0, 0.1) is 52.3 Å². The minimum Gasteiger partial charge on any atom is -0.374 e. The Bertz CT molecular complexity index is 1330. The molecular weight excluding hydrogens is 619 g/mol. The number of rotatable bonds is 13. The van der Waals surface area contributed by atoms with Crippen molar-refractivity contribution in [2.75, 3.05) is 12.9 Å². The molecule has 1 aromatic rings. The quantitative estimate of drug-likeness (QED) is 0.210. The second-order valence-corrected chi connectivity index (χ2v) is 19.3. The summed E-state index contributed by atoms with van der Waals surface area (Å²) in [5.74, 6) is 5.95. The first-order valence-electron chi connectivity index (χ1n) is 19.4. The van der Waals surface area contributed by atoms with Crippen molar-refractivity contribution in [3.05, 3.63) is 48.0 Å². The third-order valence-electron chi connectivity index (χ3n) is 14.1. The Balaban J connectivity index is 1.05. The predicted octanol–water partition coefficient (Wildman–Crippen LogP) is 8.91. The van der Waals surface area contributed by atoms with E-state index in [-0.39, 0.29) is 12.7 Å². The Hall–Kier alpha value is -1.25. The van der Waals surface area contributed by atoms with Crippen molar-refractivity contribution in [3.8, 4) is 0 Å². The maximum atomic E-state index is 12.1. The Morgan fingerprint density at radius 2 is 1.67 bits per heavy atom. The number of hydrogen-bond donors (Lipinski definition) is 1. The summed E-state index contributed by atoms with van der Waals surface area (Å²) >= 11 is 0. The van der Waals surface area contributed by atoms with Crippen molar-refractivity contribution in [1.29, 1.82) is 0 Å². The first-order valence-corrected chi connectivity index (χ1v) is 21.3. The molecule has 48 heavy (non-hydrogen) atoms. The van der Waals surface area contributed by atoms with Gasteiger partial charge in [-0.05, 0) is 122 Å². The van der Waals surface area contributed by atoms with Gasteiger partial charge in [0.05, 0.1) is 31.6 Å². The number of benzene rings is 1. The fourth-order valence-corrected chi connectivity index (χ4v) is 12.4. The molecule has 1 aliphatic heterocycles. The molecule has 4 saturated carbocycles. The molecule has 12 atom stereocenters. The smallest absolute Gasteiger partial charge is 0.209 e. The Kier molecular flexibility index (Phi) is 11.5. The number of sulfonamides is 1. The molecule has 4 aliphatic carbocycles. The molecule has 0 unspecified atom stereocenters. The van der Waals surface area contributed by atoms with E-state index in [4.69, 9.17) is 14.2 Å². The van der Waals surface area contributed by atoms with Crippen LogP contribution in [0.3, 0.4) is 0 Å². The van der Waals surface area contributed by atoms with Crippen LogP contribution >= 0.6 is 0 Å². The summed E-state index contributed by atoms with van der Waals surface area (Å²) in [6.07, 6.45) is 20.3. The molecule has 6 nitrogen and oxygen atoms in total. The molecule has 270 valence electrons. The maximum absolute atomic E-state index is 12.1. The molecule has 5 aliphatic rings. The van der Waals surface area contributed by atoms with E-state index in [2.05, 4.69) is 39.3 Å². The van der Waals surface area contributed by atoms with Gasteiger partial charge >= 0.3 is 0 Å². The Morgan fingerprint density at radius 1 is 0.917 bits per heavy atom. The van der Waals surface area contributed by atoms with Crippen molar-refractivity contribution < 1.29 is 22.6 Å². The topological polar surface area (TPSA) is 73.9 Å². The van der Waals surface area contributed by atoms with Crippen LogP contribution in [0.4, 0.5) is 0 Å². The number of hydrogen-bond acceptors (Lipinski definition) is 5. The zero-order chi connectivity index (χ0) is 34.1. The van der Waals surface area contributed by atoms with Gasteiger partial charge in [-0.2, -0.15) is 0 Å². The van der Waals surface area contributed by atoms with E-state index in [1.54, 1.807) is 0 Å². The SMILES string of the molecule is CC(C)CCC[C@@H](C)[C@H]1CC[C@H]2[C@@H]3CC[C@H]4C[C@@H](O[C@H]5C=C[C@@H](NS(C)(=O)=O)[C@@H](COCc6ccccc6)O5)CC[C@]4(C)[C@H]3CC[C@]12C. The van der Waals surface area contributed by atoms with E-state index in [1.807, 2.05) is 42.5 Å². The normalized spacial score (nSPS) is 40.3. The maximum Gasteiger partial charge on any atom is 0.209 e. The summed E-state index contributed by atoms with van der Waals surface area (Å²) in [6, 6.07) is 9.52. The molecule has 0 saturated heterocycles. The van der Waals surface area contributed by atoms with Crippen molar-refractivity contribution in [2.45, 2.75) is 143 Å². The lowest BCUT2D eigenvalue weighted by atomic mass is 9.44. The Labute approximate surface area is 292 Å². The third kappa shape index (κ3) is 8.11. The average Bonchev–Trinajstić information content (AvgIpc) is 3.39. The van der Waals surface area contributed by atoms with E-state index in [1.165, 1.54) is 70.5 Å². The summed E-state index contributed by atoms with van der Waals surface area (Å²) in [5.41, 5.74) is 2.02. The van der Waals surface area contributed by atoms with Crippen LogP contribution in [-0.2, 0) is 30.8 Å². The van der Waals surface area contributed by atoms with Crippen LogP contribution in [-0.4, -0.2) is 45.8 Å². The minimum absolute atomic E-state index is 0.163. The highest BCUT2D eigenvalue weighted by Crippen LogP contribution is 2.68. The van der Waals surface area contributed by atoms with Crippen molar-refractivity contribution in [2.24, 2.45) is 52.3 Å². The van der Waals surface area contributed by atoms with Crippen LogP contribution < -0.4 is 4.72 Å². The van der Waals surface area contributed by atoms with Gasteiger partial charge in [0.25, 0.3) is 0 Å². The van der Waals surface area contributed by atoms with Gasteiger partial charge in [-0.15, -0.1) is 0 Å². The molecule has 1 N–H and O–H groups in total. The molecule has 1 heterocycles. The zero-order valence-corrected chi connectivity index (χ0v) is 31.6. The molecule has 6 rings (SSSR count). The lowest BCUT2D eigenvalue weighted by Crippen LogP contribution is -2.54. The standard InChI is InChI=1S/C41H65NO5S/c1-28(2)11-10-12-29(3)34-17-18-35-33-16-15-31-25-32(21-23-40(31,4)36(33)22-24-41(34,35)5)46-39-20-19-37(42-48(6,43)44)38(47-39)27-45-26-30-13-8-7-9-14-30/h7-9,13-14,19-20,28-29,31-39,42H,10-12,15-18,21-27H2,1-6H3/t29-,31+,32+,33+,34-,35+,36+,37-,38-,39-,40+,41-/m1/s1. The highest BCUT2D eigenvalue weighted by atomic mass is 32.2. The van der Waals surface area contributed by atoms with Crippen LogP contribution in [0.25, 0.3) is 0 Å². The van der Waals surface area contributed by atoms with Crippen LogP contribution in [0.1, 0.15) is 117 Å². The summed E-state index contributed by atoms with van der Waals surface area (Å²) in [7, 11) is -3.41. The van der Waals surface area contributed by atoms with Crippen molar-refractivity contribution in [3.63, 3.8) is 0 Å². The number of ether oxygens (including phenoxy) is 3. The number of nitrogens with one attached hydrogen (secondary N) is 1. The Morgan fingerprint density at radius 3 is 2.42 bits per heavy atom. The molecule has 0 radical (unpaired) electrons. The molecule has 0 aromatic heterocycles. The van der Waals surface area contributed by atoms with Crippen LogP contribution in [0.2, 0.25) is 0 Å². The van der Waals surface area contributed by atoms with E-state index in [9.17, 15) is 8.42 Å². The van der Waals surface area contributed by atoms with E-state index < -0.39 is 28.5 Å². The molecule has 7 heteroatoms.